The maximum Gasteiger partial charge on any atom is 0.135 e. The van der Waals surface area contributed by atoms with E-state index in [0.29, 0.717) is 11.2 Å². The van der Waals surface area contributed by atoms with Gasteiger partial charge in [0.05, 0.1) is 0 Å². The Kier molecular flexibility index (Phi) is 2.33. The molecule has 0 aromatic heterocycles. The Balaban J connectivity index is 1.59. The molecule has 1 spiro atoms. The van der Waals surface area contributed by atoms with E-state index >= 15 is 0 Å². The molecule has 1 atom stereocenters. The third kappa shape index (κ3) is 1.72. The van der Waals surface area contributed by atoms with Crippen LogP contribution in [-0.4, -0.2) is 43.0 Å². The molecule has 2 heterocycles. The van der Waals surface area contributed by atoms with E-state index in [-0.39, 0.29) is 0 Å². The number of ether oxygens (including phenoxy) is 1. The zero-order valence-corrected chi connectivity index (χ0v) is 9.21. The Morgan fingerprint density at radius 3 is 2.53 bits per heavy atom. The topological polar surface area (TPSA) is 29.5 Å². The lowest BCUT2D eigenvalue weighted by Crippen LogP contribution is -2.38. The summed E-state index contributed by atoms with van der Waals surface area (Å²) in [6.07, 6.45) is 5.39. The summed E-state index contributed by atoms with van der Waals surface area (Å²) in [6.45, 7) is 3.91. The van der Waals surface area contributed by atoms with Gasteiger partial charge in [-0.15, -0.1) is 0 Å². The summed E-state index contributed by atoms with van der Waals surface area (Å²) >= 11 is 0. The third-order valence-corrected chi connectivity index (χ3v) is 4.43. The summed E-state index contributed by atoms with van der Waals surface area (Å²) in [5.41, 5.74) is 0.582. The molecule has 3 aliphatic rings. The second-order valence-electron chi connectivity index (χ2n) is 5.27. The number of Topliss-reactive ketones (excluding diaryl/α,β-unsaturated/α-hetero) is 1. The van der Waals surface area contributed by atoms with Gasteiger partial charge in [-0.05, 0) is 24.7 Å². The highest BCUT2D eigenvalue weighted by molar-refractivity contribution is 5.79. The number of piperidine rings is 1. The molecular formula is C12H19NO2. The van der Waals surface area contributed by atoms with Crippen molar-refractivity contribution in [2.75, 3.05) is 26.3 Å². The first-order valence-corrected chi connectivity index (χ1v) is 6.14. The molecule has 1 aliphatic carbocycles. The number of carbonyl (C=O) groups is 1. The molecule has 1 unspecified atom stereocenters. The zero-order valence-electron chi connectivity index (χ0n) is 9.21. The van der Waals surface area contributed by atoms with Crippen LogP contribution < -0.4 is 0 Å². The van der Waals surface area contributed by atoms with E-state index in [0.717, 1.165) is 45.2 Å². The second kappa shape index (κ2) is 3.56. The van der Waals surface area contributed by atoms with E-state index in [1.165, 1.54) is 19.3 Å². The minimum atomic E-state index is 0.452. The summed E-state index contributed by atoms with van der Waals surface area (Å²) in [6, 6.07) is 0.773. The summed E-state index contributed by atoms with van der Waals surface area (Å²) in [5, 5.41) is 0. The maximum absolute atomic E-state index is 11.2. The van der Waals surface area contributed by atoms with Crippen LogP contribution >= 0.6 is 0 Å². The Hall–Kier alpha value is -0.410. The lowest BCUT2D eigenvalue weighted by Gasteiger charge is -2.31. The van der Waals surface area contributed by atoms with Gasteiger partial charge >= 0.3 is 0 Å². The molecule has 15 heavy (non-hydrogen) atoms. The lowest BCUT2D eigenvalue weighted by molar-refractivity contribution is -0.121. The van der Waals surface area contributed by atoms with Crippen molar-refractivity contribution in [3.63, 3.8) is 0 Å². The minimum absolute atomic E-state index is 0.452. The fourth-order valence-electron chi connectivity index (χ4n) is 3.24. The van der Waals surface area contributed by atoms with Gasteiger partial charge in [-0.2, -0.15) is 0 Å². The van der Waals surface area contributed by atoms with Crippen LogP contribution in [0.1, 0.15) is 32.1 Å². The third-order valence-electron chi connectivity index (χ3n) is 4.43. The van der Waals surface area contributed by atoms with Gasteiger partial charge in [-0.3, -0.25) is 9.69 Å². The van der Waals surface area contributed by atoms with Gasteiger partial charge in [-0.25, -0.2) is 0 Å². The van der Waals surface area contributed by atoms with E-state index in [9.17, 15) is 4.79 Å². The Morgan fingerprint density at radius 1 is 1.20 bits per heavy atom. The Labute approximate surface area is 90.8 Å². The first kappa shape index (κ1) is 9.79. The average Bonchev–Trinajstić information content (AvgIpc) is 2.94. The quantitative estimate of drug-likeness (QED) is 0.650. The predicted molar refractivity (Wildman–Crippen MR) is 56.7 cm³/mol. The molecule has 0 amide bonds. The molecule has 2 saturated heterocycles. The molecule has 3 nitrogen and oxygen atoms in total. The molecule has 3 heteroatoms. The number of hydrogen-bond acceptors (Lipinski definition) is 3. The van der Waals surface area contributed by atoms with Crippen LogP contribution in [0.5, 0.6) is 0 Å². The van der Waals surface area contributed by atoms with Crippen LogP contribution in [0.2, 0.25) is 0 Å². The van der Waals surface area contributed by atoms with Crippen LogP contribution in [0.4, 0.5) is 0 Å². The SMILES string of the molecule is O=C1CCN(C2CC23CCOCC3)CC1. The van der Waals surface area contributed by atoms with Crippen LogP contribution in [0.25, 0.3) is 0 Å². The lowest BCUT2D eigenvalue weighted by atomic mass is 9.95. The normalized spacial score (nSPS) is 35.7. The molecule has 0 radical (unpaired) electrons. The molecule has 1 saturated carbocycles. The number of rotatable bonds is 1. The molecule has 0 bridgehead atoms. The zero-order chi connectivity index (χ0) is 10.3. The Morgan fingerprint density at radius 2 is 1.87 bits per heavy atom. The molecule has 3 rings (SSSR count). The number of hydrogen-bond donors (Lipinski definition) is 0. The van der Waals surface area contributed by atoms with Gasteiger partial charge < -0.3 is 4.74 Å². The maximum atomic E-state index is 11.2. The second-order valence-corrected chi connectivity index (χ2v) is 5.27. The van der Waals surface area contributed by atoms with Crippen LogP contribution in [0, 0.1) is 5.41 Å². The van der Waals surface area contributed by atoms with Gasteiger partial charge in [-0.1, -0.05) is 0 Å². The Bertz CT molecular complexity index is 261. The highest BCUT2D eigenvalue weighted by Gasteiger charge is 2.56. The van der Waals surface area contributed by atoms with Crippen molar-refractivity contribution in [2.45, 2.75) is 38.1 Å². The first-order chi connectivity index (χ1) is 7.30. The number of nitrogens with zero attached hydrogens (tertiary/aromatic N) is 1. The largest absolute Gasteiger partial charge is 0.381 e. The predicted octanol–water partition coefficient (Wildman–Crippen LogP) is 1.22. The van der Waals surface area contributed by atoms with Gasteiger partial charge in [0.15, 0.2) is 0 Å². The van der Waals surface area contributed by atoms with Crippen molar-refractivity contribution >= 4 is 5.78 Å². The van der Waals surface area contributed by atoms with Crippen molar-refractivity contribution in [1.82, 2.24) is 4.90 Å². The van der Waals surface area contributed by atoms with E-state index in [4.69, 9.17) is 4.74 Å². The molecule has 0 aromatic rings. The minimum Gasteiger partial charge on any atom is -0.381 e. The molecule has 2 aliphatic heterocycles. The fraction of sp³-hybridized carbons (Fsp3) is 0.917. The molecule has 84 valence electrons. The fourth-order valence-corrected chi connectivity index (χ4v) is 3.24. The summed E-state index contributed by atoms with van der Waals surface area (Å²) in [4.78, 5) is 13.7. The van der Waals surface area contributed by atoms with Crippen molar-refractivity contribution in [2.24, 2.45) is 5.41 Å². The smallest absolute Gasteiger partial charge is 0.135 e. The summed E-state index contributed by atoms with van der Waals surface area (Å²) < 4.78 is 5.43. The first-order valence-electron chi connectivity index (χ1n) is 6.14. The summed E-state index contributed by atoms with van der Waals surface area (Å²) in [7, 11) is 0. The van der Waals surface area contributed by atoms with Crippen LogP contribution in [-0.2, 0) is 9.53 Å². The van der Waals surface area contributed by atoms with Gasteiger partial charge in [0.1, 0.15) is 5.78 Å². The van der Waals surface area contributed by atoms with E-state index in [1.54, 1.807) is 0 Å². The van der Waals surface area contributed by atoms with Crippen molar-refractivity contribution in [1.29, 1.82) is 0 Å². The van der Waals surface area contributed by atoms with Gasteiger partial charge in [0, 0.05) is 45.2 Å². The number of likely N-dealkylation sites (tertiary alicyclic amines) is 1. The summed E-state index contributed by atoms with van der Waals surface area (Å²) in [5.74, 6) is 0.452. The van der Waals surface area contributed by atoms with Crippen molar-refractivity contribution in [3.8, 4) is 0 Å². The van der Waals surface area contributed by atoms with Crippen molar-refractivity contribution < 1.29 is 9.53 Å². The molecular weight excluding hydrogens is 190 g/mol. The monoisotopic (exact) mass is 209 g/mol. The van der Waals surface area contributed by atoms with Gasteiger partial charge in [0.2, 0.25) is 0 Å². The van der Waals surface area contributed by atoms with E-state index in [1.807, 2.05) is 0 Å². The van der Waals surface area contributed by atoms with E-state index < -0.39 is 0 Å². The molecule has 0 N–H and O–H groups in total. The van der Waals surface area contributed by atoms with Crippen LogP contribution in [0.15, 0.2) is 0 Å². The van der Waals surface area contributed by atoms with E-state index in [2.05, 4.69) is 4.90 Å². The van der Waals surface area contributed by atoms with Crippen molar-refractivity contribution in [3.05, 3.63) is 0 Å². The highest BCUT2D eigenvalue weighted by Crippen LogP contribution is 2.56. The molecule has 0 aromatic carbocycles. The number of ketones is 1. The standard InChI is InChI=1S/C12H19NO2/c14-10-1-5-13(6-2-10)11-9-12(11)3-7-15-8-4-12/h11H,1-9H2. The van der Waals surface area contributed by atoms with Gasteiger partial charge in [0.25, 0.3) is 0 Å². The highest BCUT2D eigenvalue weighted by atomic mass is 16.5. The average molecular weight is 209 g/mol. The van der Waals surface area contributed by atoms with Crippen LogP contribution in [0.3, 0.4) is 0 Å². The molecule has 3 fully saturated rings. The number of carbonyl (C=O) groups excluding carboxylic acids is 1.